The number of ether oxygens (including phenoxy) is 2. The predicted molar refractivity (Wildman–Crippen MR) is 92.1 cm³/mol. The maximum absolute atomic E-state index is 6.00. The molecule has 5 heteroatoms. The third-order valence-electron chi connectivity index (χ3n) is 4.56. The van der Waals surface area contributed by atoms with Gasteiger partial charge in [-0.05, 0) is 17.5 Å². The van der Waals surface area contributed by atoms with Gasteiger partial charge in [-0.3, -0.25) is 0 Å². The third kappa shape index (κ3) is 3.21. The standard InChI is InChI=1S/C20H20N2O3/c1-23-18(15-10-6-3-7-11-15)20-22-21-19(25-20)16-12-13-24-17(16)14-8-4-2-5-9-14/h2-11,16-18H,12-13H2,1H3/t16-,17+,18+/m0/s1. The summed E-state index contributed by atoms with van der Waals surface area (Å²) in [5.74, 6) is 1.15. The van der Waals surface area contributed by atoms with E-state index in [1.54, 1.807) is 7.11 Å². The third-order valence-corrected chi connectivity index (χ3v) is 4.56. The lowest BCUT2D eigenvalue weighted by Crippen LogP contribution is -2.06. The molecule has 0 unspecified atom stereocenters. The van der Waals surface area contributed by atoms with Crippen LogP contribution in [0.25, 0.3) is 0 Å². The largest absolute Gasteiger partial charge is 0.422 e. The van der Waals surface area contributed by atoms with Crippen molar-refractivity contribution in [2.24, 2.45) is 0 Å². The SMILES string of the molecule is CO[C@H](c1ccccc1)c1nnc([C@H]2CCO[C@@H]2c2ccccc2)o1. The predicted octanol–water partition coefficient (Wildman–Crippen LogP) is 4.05. The lowest BCUT2D eigenvalue weighted by molar-refractivity contribution is 0.0944. The minimum absolute atomic E-state index is 0.0489. The monoisotopic (exact) mass is 336 g/mol. The molecule has 3 atom stereocenters. The summed E-state index contributed by atoms with van der Waals surface area (Å²) in [4.78, 5) is 0. The molecule has 1 saturated heterocycles. The molecule has 2 heterocycles. The number of nitrogens with zero attached hydrogens (tertiary/aromatic N) is 2. The fraction of sp³-hybridized carbons (Fsp3) is 0.300. The highest BCUT2D eigenvalue weighted by Crippen LogP contribution is 2.41. The van der Waals surface area contributed by atoms with E-state index in [1.165, 1.54) is 0 Å². The summed E-state index contributed by atoms with van der Waals surface area (Å²) < 4.78 is 17.5. The summed E-state index contributed by atoms with van der Waals surface area (Å²) in [6.07, 6.45) is 0.455. The molecular weight excluding hydrogens is 316 g/mol. The van der Waals surface area contributed by atoms with E-state index in [1.807, 2.05) is 48.5 Å². The first kappa shape index (κ1) is 16.0. The fourth-order valence-electron chi connectivity index (χ4n) is 3.32. The highest BCUT2D eigenvalue weighted by Gasteiger charge is 2.35. The Labute approximate surface area is 146 Å². The van der Waals surface area contributed by atoms with Crippen LogP contribution in [0, 0.1) is 0 Å². The van der Waals surface area contributed by atoms with Crippen molar-refractivity contribution in [3.63, 3.8) is 0 Å². The van der Waals surface area contributed by atoms with Gasteiger partial charge in [0, 0.05) is 13.7 Å². The van der Waals surface area contributed by atoms with E-state index < -0.39 is 0 Å². The number of methoxy groups -OCH3 is 1. The summed E-state index contributed by atoms with van der Waals surface area (Å²) in [7, 11) is 1.65. The van der Waals surface area contributed by atoms with Crippen LogP contribution in [0.15, 0.2) is 65.1 Å². The summed E-state index contributed by atoms with van der Waals surface area (Å²) in [6.45, 7) is 0.689. The lowest BCUT2D eigenvalue weighted by atomic mass is 9.95. The summed E-state index contributed by atoms with van der Waals surface area (Å²) >= 11 is 0. The highest BCUT2D eigenvalue weighted by molar-refractivity contribution is 5.24. The number of hydrogen-bond donors (Lipinski definition) is 0. The van der Waals surface area contributed by atoms with Crippen LogP contribution in [0.2, 0.25) is 0 Å². The number of rotatable bonds is 5. The van der Waals surface area contributed by atoms with E-state index in [9.17, 15) is 0 Å². The van der Waals surface area contributed by atoms with Crippen LogP contribution >= 0.6 is 0 Å². The molecule has 3 aromatic rings. The topological polar surface area (TPSA) is 57.4 Å². The van der Waals surface area contributed by atoms with E-state index in [0.29, 0.717) is 18.4 Å². The molecule has 25 heavy (non-hydrogen) atoms. The molecule has 1 fully saturated rings. The first-order valence-electron chi connectivity index (χ1n) is 8.44. The van der Waals surface area contributed by atoms with Crippen molar-refractivity contribution in [3.05, 3.63) is 83.6 Å². The minimum atomic E-state index is -0.361. The summed E-state index contributed by atoms with van der Waals surface area (Å²) in [5.41, 5.74) is 2.12. The molecule has 1 aliphatic heterocycles. The molecule has 1 aliphatic rings. The van der Waals surface area contributed by atoms with Gasteiger partial charge >= 0.3 is 0 Å². The Morgan fingerprint density at radius 2 is 1.72 bits per heavy atom. The van der Waals surface area contributed by atoms with E-state index in [0.717, 1.165) is 17.5 Å². The maximum atomic E-state index is 6.00. The van der Waals surface area contributed by atoms with Gasteiger partial charge in [0.25, 0.3) is 0 Å². The molecule has 2 aromatic carbocycles. The van der Waals surface area contributed by atoms with Gasteiger partial charge < -0.3 is 13.9 Å². The van der Waals surface area contributed by atoms with Gasteiger partial charge in [0.2, 0.25) is 11.8 Å². The molecule has 0 radical (unpaired) electrons. The Kier molecular flexibility index (Phi) is 4.59. The van der Waals surface area contributed by atoms with E-state index in [2.05, 4.69) is 22.3 Å². The first-order valence-corrected chi connectivity index (χ1v) is 8.44. The maximum Gasteiger partial charge on any atom is 0.249 e. The molecular formula is C20H20N2O3. The van der Waals surface area contributed by atoms with Gasteiger partial charge in [-0.2, -0.15) is 0 Å². The van der Waals surface area contributed by atoms with Gasteiger partial charge in [0.15, 0.2) is 6.10 Å². The van der Waals surface area contributed by atoms with E-state index in [4.69, 9.17) is 13.9 Å². The number of hydrogen-bond acceptors (Lipinski definition) is 5. The second-order valence-corrected chi connectivity index (χ2v) is 6.10. The van der Waals surface area contributed by atoms with E-state index in [-0.39, 0.29) is 18.1 Å². The Balaban J connectivity index is 1.60. The van der Waals surface area contributed by atoms with Gasteiger partial charge in [-0.15, -0.1) is 10.2 Å². The van der Waals surface area contributed by atoms with Crippen molar-refractivity contribution < 1.29 is 13.9 Å². The number of benzene rings is 2. The molecule has 0 N–H and O–H groups in total. The average molecular weight is 336 g/mol. The quantitative estimate of drug-likeness (QED) is 0.703. The zero-order chi connectivity index (χ0) is 17.1. The molecule has 5 nitrogen and oxygen atoms in total. The molecule has 0 spiro atoms. The van der Waals surface area contributed by atoms with Crippen LogP contribution in [0.5, 0.6) is 0 Å². The van der Waals surface area contributed by atoms with E-state index >= 15 is 0 Å². The number of aromatic nitrogens is 2. The van der Waals surface area contributed by atoms with Crippen LogP contribution in [0.4, 0.5) is 0 Å². The van der Waals surface area contributed by atoms with Crippen molar-refractivity contribution >= 4 is 0 Å². The van der Waals surface area contributed by atoms with Crippen LogP contribution < -0.4 is 0 Å². The molecule has 128 valence electrons. The highest BCUT2D eigenvalue weighted by atomic mass is 16.5. The van der Waals surface area contributed by atoms with Crippen molar-refractivity contribution in [2.75, 3.05) is 13.7 Å². The van der Waals surface area contributed by atoms with Crippen molar-refractivity contribution in [3.8, 4) is 0 Å². The molecule has 1 aromatic heterocycles. The Bertz CT molecular complexity index is 804. The minimum Gasteiger partial charge on any atom is -0.422 e. The normalized spacial score (nSPS) is 21.3. The molecule has 4 rings (SSSR count). The zero-order valence-electron chi connectivity index (χ0n) is 14.0. The van der Waals surface area contributed by atoms with Crippen LogP contribution in [-0.2, 0) is 9.47 Å². The average Bonchev–Trinajstić information content (AvgIpc) is 3.33. The van der Waals surface area contributed by atoms with Crippen molar-refractivity contribution in [1.82, 2.24) is 10.2 Å². The van der Waals surface area contributed by atoms with Gasteiger partial charge in [-0.25, -0.2) is 0 Å². The smallest absolute Gasteiger partial charge is 0.249 e. The van der Waals surface area contributed by atoms with Crippen molar-refractivity contribution in [2.45, 2.75) is 24.5 Å². The molecule has 0 aliphatic carbocycles. The van der Waals surface area contributed by atoms with Crippen LogP contribution in [-0.4, -0.2) is 23.9 Å². The van der Waals surface area contributed by atoms with Gasteiger partial charge in [-0.1, -0.05) is 60.7 Å². The second kappa shape index (κ2) is 7.17. The Morgan fingerprint density at radius 1 is 1.00 bits per heavy atom. The Hall–Kier alpha value is -2.50. The summed E-state index contributed by atoms with van der Waals surface area (Å²) in [6, 6.07) is 20.1. The van der Waals surface area contributed by atoms with Crippen LogP contribution in [0.1, 0.15) is 47.5 Å². The second-order valence-electron chi connectivity index (χ2n) is 6.10. The first-order chi connectivity index (χ1) is 12.4. The zero-order valence-corrected chi connectivity index (χ0v) is 14.0. The van der Waals surface area contributed by atoms with Crippen molar-refractivity contribution in [1.29, 1.82) is 0 Å². The molecule has 0 saturated carbocycles. The lowest BCUT2D eigenvalue weighted by Gasteiger charge is -2.16. The van der Waals surface area contributed by atoms with Gasteiger partial charge in [0.05, 0.1) is 12.0 Å². The van der Waals surface area contributed by atoms with Gasteiger partial charge in [0.1, 0.15) is 0 Å². The fourth-order valence-corrected chi connectivity index (χ4v) is 3.32. The summed E-state index contributed by atoms with van der Waals surface area (Å²) in [5, 5.41) is 8.53. The molecule has 0 bridgehead atoms. The van der Waals surface area contributed by atoms with Crippen LogP contribution in [0.3, 0.4) is 0 Å². The molecule has 0 amide bonds. The Morgan fingerprint density at radius 3 is 2.44 bits per heavy atom.